The SMILES string of the molecule is CCCNC(=O)NC[C@H]1C(=O)N(Cc2ccccc2)C[C@@H]2N(C(=O)OCc3cc(C(F)(F)F)cc(C(F)(F)F)c3)C[C@@H](CC)C(=O)N21. The molecule has 0 saturated carbocycles. The van der Waals surface area contributed by atoms with Crippen LogP contribution in [0.25, 0.3) is 0 Å². The number of benzene rings is 2. The van der Waals surface area contributed by atoms with Crippen molar-refractivity contribution in [3.63, 3.8) is 0 Å². The summed E-state index contributed by atoms with van der Waals surface area (Å²) in [6.07, 6.45) is -11.5. The maximum atomic E-state index is 13.8. The number of nitrogens with zero attached hydrogens (tertiary/aromatic N) is 3. The lowest BCUT2D eigenvalue weighted by atomic mass is 9.95. The Kier molecular flexibility index (Phi) is 10.9. The molecule has 0 aromatic heterocycles. The second-order valence-corrected chi connectivity index (χ2v) is 11.3. The van der Waals surface area contributed by atoms with E-state index in [0.29, 0.717) is 25.1 Å². The van der Waals surface area contributed by atoms with Gasteiger partial charge in [-0.25, -0.2) is 9.59 Å². The van der Waals surface area contributed by atoms with Gasteiger partial charge in [0.2, 0.25) is 11.8 Å². The van der Waals surface area contributed by atoms with E-state index in [1.807, 2.05) is 6.92 Å². The zero-order chi connectivity index (χ0) is 34.5. The number of rotatable bonds is 9. The monoisotopic (exact) mass is 671 g/mol. The van der Waals surface area contributed by atoms with Crippen molar-refractivity contribution < 1.29 is 50.3 Å². The molecule has 0 spiro atoms. The molecule has 3 atom stereocenters. The normalized spacial score (nSPS) is 20.2. The van der Waals surface area contributed by atoms with Gasteiger partial charge in [0.25, 0.3) is 0 Å². The van der Waals surface area contributed by atoms with Crippen molar-refractivity contribution in [1.29, 1.82) is 0 Å². The molecule has 2 aliphatic heterocycles. The third-order valence-electron chi connectivity index (χ3n) is 7.96. The summed E-state index contributed by atoms with van der Waals surface area (Å²) in [5, 5.41) is 5.23. The topological polar surface area (TPSA) is 111 Å². The fraction of sp³-hybridized carbons (Fsp3) is 0.484. The highest BCUT2D eigenvalue weighted by Crippen LogP contribution is 2.37. The number of alkyl halides is 6. The van der Waals surface area contributed by atoms with Crippen LogP contribution in [-0.2, 0) is 39.8 Å². The molecule has 256 valence electrons. The second-order valence-electron chi connectivity index (χ2n) is 11.3. The van der Waals surface area contributed by atoms with Gasteiger partial charge in [-0.1, -0.05) is 44.2 Å². The van der Waals surface area contributed by atoms with Gasteiger partial charge in [-0.3, -0.25) is 14.5 Å². The van der Waals surface area contributed by atoms with E-state index in [1.165, 1.54) is 9.80 Å². The van der Waals surface area contributed by atoms with Crippen molar-refractivity contribution in [3.05, 3.63) is 70.8 Å². The fourth-order valence-corrected chi connectivity index (χ4v) is 5.56. The average Bonchev–Trinajstić information content (AvgIpc) is 3.02. The van der Waals surface area contributed by atoms with E-state index in [1.54, 1.807) is 37.3 Å². The number of fused-ring (bicyclic) bond motifs is 1. The van der Waals surface area contributed by atoms with Crippen molar-refractivity contribution in [2.45, 2.75) is 64.4 Å². The smallest absolute Gasteiger partial charge is 0.416 e. The van der Waals surface area contributed by atoms with Gasteiger partial charge in [-0.15, -0.1) is 0 Å². The van der Waals surface area contributed by atoms with Gasteiger partial charge in [-0.2, -0.15) is 26.3 Å². The Hall–Kier alpha value is -4.50. The molecule has 47 heavy (non-hydrogen) atoms. The standard InChI is InChI=1S/C31H35F6N5O5/c1-3-10-38-28(45)39-14-24-27(44)40(15-19-8-6-5-7-9-19)17-25-41(16-21(4-2)26(43)42(24)25)29(46)47-18-20-11-22(30(32,33)34)13-23(12-20)31(35,36)37/h5-9,11-13,21,24-25H,3-4,10,14-18H2,1-2H3,(H2,38,39,45)/t21-,24+,25-/m1/s1. The molecule has 0 radical (unpaired) electrons. The van der Waals surface area contributed by atoms with E-state index in [4.69, 9.17) is 4.74 Å². The Balaban J connectivity index is 1.64. The fourth-order valence-electron chi connectivity index (χ4n) is 5.56. The van der Waals surface area contributed by atoms with Crippen LogP contribution in [0.15, 0.2) is 48.5 Å². The van der Waals surface area contributed by atoms with E-state index in [-0.39, 0.29) is 38.7 Å². The summed E-state index contributed by atoms with van der Waals surface area (Å²) in [5.41, 5.74) is -2.91. The number of piperazine rings is 1. The second kappa shape index (κ2) is 14.5. The van der Waals surface area contributed by atoms with Crippen LogP contribution in [0.1, 0.15) is 48.9 Å². The van der Waals surface area contributed by atoms with Crippen LogP contribution >= 0.6 is 0 Å². The van der Waals surface area contributed by atoms with Crippen LogP contribution < -0.4 is 10.6 Å². The minimum absolute atomic E-state index is 0.0255. The lowest BCUT2D eigenvalue weighted by Gasteiger charge is -2.53. The number of ether oxygens (including phenoxy) is 1. The summed E-state index contributed by atoms with van der Waals surface area (Å²) in [5.74, 6) is -1.72. The molecular weight excluding hydrogens is 636 g/mol. The van der Waals surface area contributed by atoms with Crippen LogP contribution in [0.3, 0.4) is 0 Å². The maximum Gasteiger partial charge on any atom is 0.416 e. The molecule has 2 heterocycles. The number of carbonyl (C=O) groups excluding carboxylic acids is 4. The lowest BCUT2D eigenvalue weighted by Crippen LogP contribution is -2.74. The number of halogens is 6. The molecule has 2 fully saturated rings. The highest BCUT2D eigenvalue weighted by Gasteiger charge is 2.52. The first kappa shape index (κ1) is 35.4. The van der Waals surface area contributed by atoms with Gasteiger partial charge < -0.3 is 25.2 Å². The summed E-state index contributed by atoms with van der Waals surface area (Å²) in [6.45, 7) is 2.46. The molecular formula is C31H35F6N5O5. The highest BCUT2D eigenvalue weighted by molar-refractivity contribution is 5.92. The zero-order valence-corrected chi connectivity index (χ0v) is 25.7. The van der Waals surface area contributed by atoms with Crippen molar-refractivity contribution in [3.8, 4) is 0 Å². The van der Waals surface area contributed by atoms with E-state index in [0.717, 1.165) is 10.5 Å². The van der Waals surface area contributed by atoms with Gasteiger partial charge in [0.05, 0.1) is 23.6 Å². The summed E-state index contributed by atoms with van der Waals surface area (Å²) in [4.78, 5) is 57.2. The van der Waals surface area contributed by atoms with Crippen LogP contribution in [0, 0.1) is 5.92 Å². The molecule has 0 bridgehead atoms. The maximum absolute atomic E-state index is 13.8. The third kappa shape index (κ3) is 8.46. The lowest BCUT2D eigenvalue weighted by molar-refractivity contribution is -0.173. The van der Waals surface area contributed by atoms with Gasteiger partial charge in [-0.05, 0) is 42.2 Å². The molecule has 2 aliphatic rings. The number of hydrogen-bond donors (Lipinski definition) is 2. The predicted octanol–water partition coefficient (Wildman–Crippen LogP) is 4.98. The van der Waals surface area contributed by atoms with Crippen LogP contribution in [0.5, 0.6) is 0 Å². The quantitative estimate of drug-likeness (QED) is 0.366. The number of urea groups is 1. The molecule has 2 N–H and O–H groups in total. The molecule has 2 aromatic rings. The first-order valence-electron chi connectivity index (χ1n) is 15.0. The van der Waals surface area contributed by atoms with E-state index in [2.05, 4.69) is 10.6 Å². The van der Waals surface area contributed by atoms with Crippen LogP contribution in [0.2, 0.25) is 0 Å². The van der Waals surface area contributed by atoms with Gasteiger partial charge in [0.15, 0.2) is 0 Å². The van der Waals surface area contributed by atoms with Crippen molar-refractivity contribution in [2.24, 2.45) is 5.92 Å². The third-order valence-corrected chi connectivity index (χ3v) is 7.96. The molecule has 4 rings (SSSR count). The number of carbonyl (C=O) groups is 4. The predicted molar refractivity (Wildman–Crippen MR) is 155 cm³/mol. The van der Waals surface area contributed by atoms with Gasteiger partial charge >= 0.3 is 24.5 Å². The Labute approximate surface area is 267 Å². The number of nitrogens with one attached hydrogen (secondary N) is 2. The Bertz CT molecular complexity index is 1420. The van der Waals surface area contributed by atoms with Crippen LogP contribution in [0.4, 0.5) is 35.9 Å². The summed E-state index contributed by atoms with van der Waals surface area (Å²) >= 11 is 0. The van der Waals surface area contributed by atoms with Gasteiger partial charge in [0.1, 0.15) is 18.8 Å². The molecule has 2 aromatic carbocycles. The Morgan fingerprint density at radius 2 is 1.51 bits per heavy atom. The summed E-state index contributed by atoms with van der Waals surface area (Å²) in [7, 11) is 0. The number of hydrogen-bond acceptors (Lipinski definition) is 5. The van der Waals surface area contributed by atoms with Crippen molar-refractivity contribution in [2.75, 3.05) is 26.2 Å². The first-order chi connectivity index (χ1) is 22.1. The number of amides is 5. The molecule has 10 nitrogen and oxygen atoms in total. The van der Waals surface area contributed by atoms with E-state index in [9.17, 15) is 45.5 Å². The minimum Gasteiger partial charge on any atom is -0.444 e. The van der Waals surface area contributed by atoms with E-state index < -0.39 is 77.7 Å². The largest absolute Gasteiger partial charge is 0.444 e. The molecule has 16 heteroatoms. The highest BCUT2D eigenvalue weighted by atomic mass is 19.4. The Morgan fingerprint density at radius 1 is 0.872 bits per heavy atom. The first-order valence-corrected chi connectivity index (χ1v) is 15.0. The summed E-state index contributed by atoms with van der Waals surface area (Å²) in [6, 6.07) is 8.00. The Morgan fingerprint density at radius 3 is 2.09 bits per heavy atom. The zero-order valence-electron chi connectivity index (χ0n) is 25.7. The molecule has 5 amide bonds. The molecule has 0 unspecified atom stereocenters. The molecule has 0 aliphatic carbocycles. The van der Waals surface area contributed by atoms with Crippen LogP contribution in [-0.4, -0.2) is 77.0 Å². The van der Waals surface area contributed by atoms with Crippen molar-refractivity contribution in [1.82, 2.24) is 25.3 Å². The van der Waals surface area contributed by atoms with Gasteiger partial charge in [0, 0.05) is 26.2 Å². The molecule has 2 saturated heterocycles. The van der Waals surface area contributed by atoms with E-state index >= 15 is 0 Å². The summed E-state index contributed by atoms with van der Waals surface area (Å²) < 4.78 is 85.6. The minimum atomic E-state index is -5.09. The average molecular weight is 672 g/mol. The van der Waals surface area contributed by atoms with Crippen molar-refractivity contribution >= 4 is 23.9 Å².